The Balaban J connectivity index is 1.34. The number of halogens is 1. The van der Waals surface area contributed by atoms with Crippen molar-refractivity contribution in [3.05, 3.63) is 95.3 Å². The van der Waals surface area contributed by atoms with Crippen molar-refractivity contribution in [1.29, 1.82) is 0 Å². The quantitative estimate of drug-likeness (QED) is 0.362. The third-order valence-corrected chi connectivity index (χ3v) is 7.19. The molecule has 0 amide bonds. The van der Waals surface area contributed by atoms with Crippen LogP contribution in [0.4, 0.5) is 4.39 Å². The summed E-state index contributed by atoms with van der Waals surface area (Å²) >= 11 is 0. The summed E-state index contributed by atoms with van der Waals surface area (Å²) in [6, 6.07) is 25.5. The molecule has 3 aromatic carbocycles. The molecule has 1 aliphatic rings. The van der Waals surface area contributed by atoms with Gasteiger partial charge in [0.15, 0.2) is 0 Å². The Bertz CT molecular complexity index is 949. The first-order valence-corrected chi connectivity index (χ1v) is 12.1. The van der Waals surface area contributed by atoms with E-state index in [1.54, 1.807) is 6.07 Å². The Hall–Kier alpha value is -2.41. The number of hydrogen-bond donors (Lipinski definition) is 0. The van der Waals surface area contributed by atoms with E-state index in [9.17, 15) is 4.39 Å². The fourth-order valence-electron chi connectivity index (χ4n) is 5.30. The number of rotatable bonds is 7. The number of benzene rings is 3. The maximum Gasteiger partial charge on any atom is 0.127 e. The van der Waals surface area contributed by atoms with Gasteiger partial charge in [-0.1, -0.05) is 87.0 Å². The highest BCUT2D eigenvalue weighted by molar-refractivity contribution is 5.64. The van der Waals surface area contributed by atoms with E-state index in [1.165, 1.54) is 43.2 Å². The zero-order valence-electron chi connectivity index (χ0n) is 19.0. The van der Waals surface area contributed by atoms with Crippen molar-refractivity contribution in [2.45, 2.75) is 70.6 Å². The van der Waals surface area contributed by atoms with Gasteiger partial charge in [-0.25, -0.2) is 4.39 Å². The molecule has 3 aromatic rings. The molecule has 0 nitrogen and oxygen atoms in total. The molecule has 0 aliphatic heterocycles. The minimum Gasteiger partial charge on any atom is -0.207 e. The van der Waals surface area contributed by atoms with Crippen LogP contribution in [-0.2, 0) is 6.42 Å². The average Bonchev–Trinajstić information content (AvgIpc) is 2.82. The molecular formula is C30H35F. The van der Waals surface area contributed by atoms with E-state index in [0.29, 0.717) is 11.8 Å². The van der Waals surface area contributed by atoms with Crippen LogP contribution >= 0.6 is 0 Å². The first-order chi connectivity index (χ1) is 15.1. The van der Waals surface area contributed by atoms with Gasteiger partial charge in [0.25, 0.3) is 0 Å². The molecule has 0 bridgehead atoms. The molecule has 0 N–H and O–H groups in total. The fraction of sp³-hybridized carbons (Fsp3) is 0.400. The second-order valence-electron chi connectivity index (χ2n) is 9.44. The summed E-state index contributed by atoms with van der Waals surface area (Å²) < 4.78 is 14.3. The Kier molecular flexibility index (Phi) is 7.22. The van der Waals surface area contributed by atoms with Gasteiger partial charge < -0.3 is 0 Å². The Morgan fingerprint density at radius 1 is 0.839 bits per heavy atom. The van der Waals surface area contributed by atoms with Crippen LogP contribution in [-0.4, -0.2) is 0 Å². The molecule has 1 fully saturated rings. The molecule has 1 saturated carbocycles. The van der Waals surface area contributed by atoms with Gasteiger partial charge in [-0.3, -0.25) is 0 Å². The van der Waals surface area contributed by atoms with Crippen molar-refractivity contribution in [1.82, 2.24) is 0 Å². The highest BCUT2D eigenvalue weighted by Crippen LogP contribution is 2.40. The molecule has 162 valence electrons. The molecule has 0 radical (unpaired) electrons. The second kappa shape index (κ2) is 10.3. The van der Waals surface area contributed by atoms with E-state index in [-0.39, 0.29) is 5.82 Å². The maximum atomic E-state index is 14.3. The van der Waals surface area contributed by atoms with Crippen LogP contribution in [0.5, 0.6) is 0 Å². The summed E-state index contributed by atoms with van der Waals surface area (Å²) in [7, 11) is 0. The molecule has 31 heavy (non-hydrogen) atoms. The Morgan fingerprint density at radius 2 is 1.52 bits per heavy atom. The summed E-state index contributed by atoms with van der Waals surface area (Å²) in [4.78, 5) is 0. The molecule has 1 heteroatoms. The normalized spacial score (nSPS) is 19.8. The average molecular weight is 415 g/mol. The first-order valence-electron chi connectivity index (χ1n) is 12.1. The van der Waals surface area contributed by atoms with Gasteiger partial charge in [0.2, 0.25) is 0 Å². The van der Waals surface area contributed by atoms with Gasteiger partial charge in [-0.2, -0.15) is 0 Å². The van der Waals surface area contributed by atoms with Crippen molar-refractivity contribution in [3.8, 4) is 11.1 Å². The Labute approximate surface area is 187 Å². The molecule has 1 aliphatic carbocycles. The maximum absolute atomic E-state index is 14.3. The molecule has 0 spiro atoms. The van der Waals surface area contributed by atoms with Crippen LogP contribution in [0, 0.1) is 11.7 Å². The topological polar surface area (TPSA) is 0 Å². The minimum absolute atomic E-state index is 0.0773. The molecule has 0 saturated heterocycles. The van der Waals surface area contributed by atoms with Gasteiger partial charge in [-0.15, -0.1) is 0 Å². The summed E-state index contributed by atoms with van der Waals surface area (Å²) in [5.41, 5.74) is 5.82. The molecule has 0 heterocycles. The predicted molar refractivity (Wildman–Crippen MR) is 130 cm³/mol. The van der Waals surface area contributed by atoms with Crippen LogP contribution in [0.1, 0.15) is 80.9 Å². The summed E-state index contributed by atoms with van der Waals surface area (Å²) in [5.74, 6) is 2.08. The van der Waals surface area contributed by atoms with Crippen molar-refractivity contribution in [2.24, 2.45) is 5.92 Å². The van der Waals surface area contributed by atoms with Gasteiger partial charge in [0.05, 0.1) is 0 Å². The summed E-state index contributed by atoms with van der Waals surface area (Å²) in [6.07, 6.45) is 8.30. The highest BCUT2D eigenvalue weighted by atomic mass is 19.1. The molecule has 4 rings (SSSR count). The fourth-order valence-corrected chi connectivity index (χ4v) is 5.30. The lowest BCUT2D eigenvalue weighted by Gasteiger charge is -2.30. The van der Waals surface area contributed by atoms with Crippen molar-refractivity contribution in [3.63, 3.8) is 0 Å². The smallest absolute Gasteiger partial charge is 0.127 e. The van der Waals surface area contributed by atoms with Crippen LogP contribution in [0.25, 0.3) is 11.1 Å². The van der Waals surface area contributed by atoms with Gasteiger partial charge >= 0.3 is 0 Å². The van der Waals surface area contributed by atoms with Crippen LogP contribution in [0.2, 0.25) is 0 Å². The highest BCUT2D eigenvalue weighted by Gasteiger charge is 2.24. The minimum atomic E-state index is -0.0773. The lowest BCUT2D eigenvalue weighted by Crippen LogP contribution is -2.15. The zero-order chi connectivity index (χ0) is 21.6. The van der Waals surface area contributed by atoms with Crippen molar-refractivity contribution in [2.75, 3.05) is 0 Å². The lowest BCUT2D eigenvalue weighted by molar-refractivity contribution is 0.297. The largest absolute Gasteiger partial charge is 0.207 e. The van der Waals surface area contributed by atoms with Gasteiger partial charge in [-0.05, 0) is 90.2 Å². The first kappa shape index (κ1) is 21.8. The number of aryl methyl sites for hydroxylation is 1. The molecule has 1 atom stereocenters. The molecule has 0 aromatic heterocycles. The summed E-state index contributed by atoms with van der Waals surface area (Å²) in [6.45, 7) is 4.46. The van der Waals surface area contributed by atoms with E-state index in [2.05, 4.69) is 74.5 Å². The Morgan fingerprint density at radius 3 is 2.16 bits per heavy atom. The summed E-state index contributed by atoms with van der Waals surface area (Å²) in [5, 5.41) is 0. The third-order valence-electron chi connectivity index (χ3n) is 7.19. The lowest BCUT2D eigenvalue weighted by atomic mass is 9.75. The predicted octanol–water partition coefficient (Wildman–Crippen LogP) is 8.91. The molecular weight excluding hydrogens is 379 g/mol. The standard InChI is InChI=1S/C30H35F/c1-3-7-28-18-19-29(21-30(28)31)27-16-14-26(15-17-27)25-12-10-23(11-13-25)20-22(2)24-8-5-4-6-9-24/h4-6,8-9,14-19,21-23,25H,3,7,10-13,20H2,1-2H3/t22-,23?,25?/m1/s1. The van der Waals surface area contributed by atoms with Crippen LogP contribution in [0.3, 0.4) is 0 Å². The van der Waals surface area contributed by atoms with Crippen LogP contribution < -0.4 is 0 Å². The monoisotopic (exact) mass is 414 g/mol. The van der Waals surface area contributed by atoms with E-state index in [0.717, 1.165) is 35.4 Å². The van der Waals surface area contributed by atoms with Gasteiger partial charge in [0, 0.05) is 0 Å². The zero-order valence-corrected chi connectivity index (χ0v) is 19.0. The van der Waals surface area contributed by atoms with E-state index >= 15 is 0 Å². The number of hydrogen-bond acceptors (Lipinski definition) is 0. The van der Waals surface area contributed by atoms with Crippen LogP contribution in [0.15, 0.2) is 72.8 Å². The van der Waals surface area contributed by atoms with Gasteiger partial charge in [0.1, 0.15) is 5.82 Å². The van der Waals surface area contributed by atoms with Crippen molar-refractivity contribution >= 4 is 0 Å². The van der Waals surface area contributed by atoms with E-state index in [1.807, 2.05) is 6.07 Å². The molecule has 0 unspecified atom stereocenters. The SMILES string of the molecule is CCCc1ccc(-c2ccc(C3CCC(C[C@@H](C)c4ccccc4)CC3)cc2)cc1F. The third kappa shape index (κ3) is 5.45. The van der Waals surface area contributed by atoms with E-state index < -0.39 is 0 Å². The van der Waals surface area contributed by atoms with Crippen molar-refractivity contribution < 1.29 is 4.39 Å². The second-order valence-corrected chi connectivity index (χ2v) is 9.44. The van der Waals surface area contributed by atoms with E-state index in [4.69, 9.17) is 0 Å².